The van der Waals surface area contributed by atoms with Crippen LogP contribution in [0.4, 0.5) is 0 Å². The van der Waals surface area contributed by atoms with Crippen LogP contribution >= 0.6 is 0 Å². The molecule has 0 spiro atoms. The third kappa shape index (κ3) is 4.53. The fourth-order valence-electron chi connectivity index (χ4n) is 8.99. The van der Waals surface area contributed by atoms with Gasteiger partial charge in [-0.2, -0.15) is 0 Å². The lowest BCUT2D eigenvalue weighted by Gasteiger charge is -2.13. The summed E-state index contributed by atoms with van der Waals surface area (Å²) in [6.45, 7) is 0. The van der Waals surface area contributed by atoms with E-state index in [9.17, 15) is 0 Å². The number of nitrogens with zero attached hydrogens (tertiary/aromatic N) is 4. The van der Waals surface area contributed by atoms with Crippen molar-refractivity contribution in [2.45, 2.75) is 0 Å². The van der Waals surface area contributed by atoms with Crippen LogP contribution < -0.4 is 0 Å². The standard InChI is InChI=1S/C52H32N4/c1-4-16-35(17-5-1)51-41-30-38(26-27-44(41)53-52(54-51)36-18-6-2-7-19-36)56-46-29-25-34-15-11-13-23-40(34)50(46)43-31-42-47(32-48(43)56)55(37-20-8-3-9-21-37)45-28-24-33-14-10-12-22-39(33)49(42)45/h1-32H. The second-order valence-electron chi connectivity index (χ2n) is 14.6. The zero-order valence-electron chi connectivity index (χ0n) is 30.3. The topological polar surface area (TPSA) is 35.6 Å². The molecule has 3 heterocycles. The van der Waals surface area contributed by atoms with Crippen LogP contribution in [0.15, 0.2) is 194 Å². The molecule has 260 valence electrons. The largest absolute Gasteiger partial charge is 0.309 e. The first-order chi connectivity index (χ1) is 27.8. The van der Waals surface area contributed by atoms with Crippen molar-refractivity contribution in [3.63, 3.8) is 0 Å². The van der Waals surface area contributed by atoms with E-state index >= 15 is 0 Å². The first kappa shape index (κ1) is 30.9. The van der Waals surface area contributed by atoms with Gasteiger partial charge in [-0.05, 0) is 76.1 Å². The van der Waals surface area contributed by atoms with E-state index in [1.54, 1.807) is 0 Å². The molecule has 0 bridgehead atoms. The monoisotopic (exact) mass is 712 g/mol. The van der Waals surface area contributed by atoms with Gasteiger partial charge in [-0.1, -0.05) is 140 Å². The fraction of sp³-hybridized carbons (Fsp3) is 0. The maximum Gasteiger partial charge on any atom is 0.160 e. The highest BCUT2D eigenvalue weighted by molar-refractivity contribution is 6.28. The maximum absolute atomic E-state index is 5.24. The molecule has 0 saturated heterocycles. The average molecular weight is 713 g/mol. The van der Waals surface area contributed by atoms with E-state index in [1.165, 1.54) is 54.1 Å². The zero-order valence-corrected chi connectivity index (χ0v) is 30.3. The van der Waals surface area contributed by atoms with Crippen molar-refractivity contribution in [1.82, 2.24) is 19.1 Å². The molecule has 12 rings (SSSR count). The van der Waals surface area contributed by atoms with Crippen LogP contribution in [0.25, 0.3) is 110 Å². The average Bonchev–Trinajstić information content (AvgIpc) is 3.78. The van der Waals surface area contributed by atoms with Crippen molar-refractivity contribution in [3.05, 3.63) is 194 Å². The first-order valence-electron chi connectivity index (χ1n) is 19.1. The SMILES string of the molecule is c1ccc(-c2nc(-c3ccccc3)c3cc(-n4c5cc6c(cc5c5c7ccccc7ccc54)c4c5ccccc5ccc4n6-c4ccccc4)ccc3n2)cc1. The predicted octanol–water partition coefficient (Wildman–Crippen LogP) is 13.5. The van der Waals surface area contributed by atoms with Crippen LogP contribution in [0.5, 0.6) is 0 Å². The van der Waals surface area contributed by atoms with Crippen molar-refractivity contribution in [2.75, 3.05) is 0 Å². The smallest absolute Gasteiger partial charge is 0.160 e. The lowest BCUT2D eigenvalue weighted by Crippen LogP contribution is -1.99. The van der Waals surface area contributed by atoms with Gasteiger partial charge in [-0.25, -0.2) is 9.97 Å². The van der Waals surface area contributed by atoms with E-state index in [4.69, 9.17) is 9.97 Å². The Bertz CT molecular complexity index is 3510. The van der Waals surface area contributed by atoms with Gasteiger partial charge < -0.3 is 9.13 Å². The lowest BCUT2D eigenvalue weighted by atomic mass is 10.0. The Morgan fingerprint density at radius 1 is 0.321 bits per heavy atom. The normalized spacial score (nSPS) is 11.9. The lowest BCUT2D eigenvalue weighted by molar-refractivity contribution is 1.16. The summed E-state index contributed by atoms with van der Waals surface area (Å²) >= 11 is 0. The van der Waals surface area contributed by atoms with Gasteiger partial charge in [0.25, 0.3) is 0 Å². The summed E-state index contributed by atoms with van der Waals surface area (Å²) in [5.74, 6) is 0.719. The number of hydrogen-bond donors (Lipinski definition) is 0. The van der Waals surface area contributed by atoms with Gasteiger partial charge >= 0.3 is 0 Å². The van der Waals surface area contributed by atoms with Crippen molar-refractivity contribution in [3.8, 4) is 34.0 Å². The number of hydrogen-bond acceptors (Lipinski definition) is 2. The van der Waals surface area contributed by atoms with Crippen LogP contribution in [0.3, 0.4) is 0 Å². The fourth-order valence-corrected chi connectivity index (χ4v) is 8.99. The Morgan fingerprint density at radius 3 is 1.48 bits per heavy atom. The molecule has 0 fully saturated rings. The molecular formula is C52H32N4. The second kappa shape index (κ2) is 12.0. The molecule has 56 heavy (non-hydrogen) atoms. The number of rotatable bonds is 4. The van der Waals surface area contributed by atoms with E-state index in [-0.39, 0.29) is 0 Å². The Labute approximate surface area is 322 Å². The summed E-state index contributed by atoms with van der Waals surface area (Å²) < 4.78 is 4.88. The van der Waals surface area contributed by atoms with Gasteiger partial charge in [0.15, 0.2) is 5.82 Å². The van der Waals surface area contributed by atoms with Gasteiger partial charge in [-0.15, -0.1) is 0 Å². The molecule has 0 aliphatic heterocycles. The minimum Gasteiger partial charge on any atom is -0.309 e. The molecular weight excluding hydrogens is 681 g/mol. The highest BCUT2D eigenvalue weighted by Crippen LogP contribution is 2.44. The van der Waals surface area contributed by atoms with Crippen LogP contribution in [0.2, 0.25) is 0 Å². The summed E-state index contributed by atoms with van der Waals surface area (Å²) in [5, 5.41) is 11.0. The van der Waals surface area contributed by atoms with Crippen molar-refractivity contribution >= 4 is 76.1 Å². The van der Waals surface area contributed by atoms with Crippen molar-refractivity contribution in [2.24, 2.45) is 0 Å². The molecule has 3 aromatic heterocycles. The minimum absolute atomic E-state index is 0.719. The van der Waals surface area contributed by atoms with E-state index in [0.29, 0.717) is 0 Å². The number of para-hydroxylation sites is 1. The minimum atomic E-state index is 0.719. The van der Waals surface area contributed by atoms with E-state index in [2.05, 4.69) is 185 Å². The Hall–Kier alpha value is -7.56. The number of benzene rings is 9. The molecule has 0 atom stereocenters. The molecule has 0 aliphatic rings. The van der Waals surface area contributed by atoms with Crippen LogP contribution in [0.1, 0.15) is 0 Å². The summed E-state index contributed by atoms with van der Waals surface area (Å²) in [6, 6.07) is 69.6. The molecule has 0 unspecified atom stereocenters. The summed E-state index contributed by atoms with van der Waals surface area (Å²) in [7, 11) is 0. The van der Waals surface area contributed by atoms with Gasteiger partial charge in [0, 0.05) is 49.4 Å². The molecule has 0 N–H and O–H groups in total. The molecule has 0 aliphatic carbocycles. The molecule has 12 aromatic rings. The molecule has 0 radical (unpaired) electrons. The van der Waals surface area contributed by atoms with E-state index in [0.717, 1.165) is 56.0 Å². The van der Waals surface area contributed by atoms with Gasteiger partial charge in [0.1, 0.15) is 0 Å². The first-order valence-corrected chi connectivity index (χ1v) is 19.1. The molecule has 0 amide bonds. The Kier molecular flexibility index (Phi) is 6.60. The van der Waals surface area contributed by atoms with Crippen LogP contribution in [-0.2, 0) is 0 Å². The molecule has 9 aromatic carbocycles. The van der Waals surface area contributed by atoms with Gasteiger partial charge in [0.05, 0.1) is 33.3 Å². The zero-order chi connectivity index (χ0) is 36.7. The van der Waals surface area contributed by atoms with Crippen LogP contribution in [0, 0.1) is 0 Å². The summed E-state index contributed by atoms with van der Waals surface area (Å²) in [5.41, 5.74) is 10.8. The molecule has 0 saturated carbocycles. The maximum atomic E-state index is 5.24. The quantitative estimate of drug-likeness (QED) is 0.182. The van der Waals surface area contributed by atoms with E-state index < -0.39 is 0 Å². The second-order valence-corrected chi connectivity index (χ2v) is 14.6. The van der Waals surface area contributed by atoms with Crippen molar-refractivity contribution in [1.29, 1.82) is 0 Å². The van der Waals surface area contributed by atoms with Gasteiger partial charge in [-0.3, -0.25) is 0 Å². The third-order valence-electron chi connectivity index (χ3n) is 11.5. The third-order valence-corrected chi connectivity index (χ3v) is 11.5. The molecule has 4 heteroatoms. The summed E-state index contributed by atoms with van der Waals surface area (Å²) in [6.07, 6.45) is 0. The Morgan fingerprint density at radius 2 is 0.857 bits per heavy atom. The Balaban J connectivity index is 1.23. The van der Waals surface area contributed by atoms with Gasteiger partial charge in [0.2, 0.25) is 0 Å². The van der Waals surface area contributed by atoms with E-state index in [1.807, 2.05) is 18.2 Å². The number of aromatic nitrogens is 4. The highest BCUT2D eigenvalue weighted by atomic mass is 15.0. The van der Waals surface area contributed by atoms with Crippen molar-refractivity contribution < 1.29 is 0 Å². The summed E-state index contributed by atoms with van der Waals surface area (Å²) in [4.78, 5) is 10.4. The molecule has 4 nitrogen and oxygen atoms in total. The predicted molar refractivity (Wildman–Crippen MR) is 234 cm³/mol. The van der Waals surface area contributed by atoms with Crippen LogP contribution in [-0.4, -0.2) is 19.1 Å². The number of fused-ring (bicyclic) bond motifs is 11. The highest BCUT2D eigenvalue weighted by Gasteiger charge is 2.22.